The number of piperidine rings is 1. The third-order valence-electron chi connectivity index (χ3n) is 4.88. The number of pyridine rings is 1. The van der Waals surface area contributed by atoms with E-state index in [1.165, 1.54) is 13.5 Å². The van der Waals surface area contributed by atoms with Crippen molar-refractivity contribution in [1.82, 2.24) is 10.3 Å². The summed E-state index contributed by atoms with van der Waals surface area (Å²) in [6.07, 6.45) is 5.18. The molecule has 1 aromatic heterocycles. The molecule has 2 bridgehead atoms. The summed E-state index contributed by atoms with van der Waals surface area (Å²) in [5.41, 5.74) is 0.439. The van der Waals surface area contributed by atoms with Gasteiger partial charge in [0.1, 0.15) is 12.2 Å². The van der Waals surface area contributed by atoms with E-state index < -0.39 is 5.60 Å². The number of hydrogen-bond acceptors (Lipinski definition) is 5. The summed E-state index contributed by atoms with van der Waals surface area (Å²) in [7, 11) is 1.39. The molecule has 1 N–H and O–H groups in total. The van der Waals surface area contributed by atoms with Crippen molar-refractivity contribution in [3.05, 3.63) is 28.5 Å². The number of rotatable bonds is 4. The van der Waals surface area contributed by atoms with Crippen LogP contribution in [0, 0.1) is 11.8 Å². The summed E-state index contributed by atoms with van der Waals surface area (Å²) < 4.78 is 11.9. The standard InChI is InChI=1S/C16H21BrN2O3/c1-21-15(20)10-22-16(14-6-5-13(17)9-19-14)11-3-2-4-12(16)8-18-7-11/h5-6,9,11-12,18H,2-4,7-8,10H2,1H3. The molecule has 6 heteroatoms. The van der Waals surface area contributed by atoms with E-state index in [4.69, 9.17) is 9.47 Å². The number of esters is 1. The number of aromatic nitrogens is 1. The zero-order valence-corrected chi connectivity index (χ0v) is 14.3. The van der Waals surface area contributed by atoms with E-state index >= 15 is 0 Å². The highest BCUT2D eigenvalue weighted by atomic mass is 79.9. The van der Waals surface area contributed by atoms with Gasteiger partial charge in [-0.05, 0) is 40.9 Å². The van der Waals surface area contributed by atoms with E-state index in [9.17, 15) is 4.79 Å². The number of ether oxygens (including phenoxy) is 2. The van der Waals surface area contributed by atoms with Gasteiger partial charge in [0, 0.05) is 35.6 Å². The van der Waals surface area contributed by atoms with Crippen LogP contribution in [0.5, 0.6) is 0 Å². The number of methoxy groups -OCH3 is 1. The van der Waals surface area contributed by atoms with Crippen molar-refractivity contribution in [3.8, 4) is 0 Å². The average Bonchev–Trinajstić information content (AvgIpc) is 2.52. The summed E-state index contributed by atoms with van der Waals surface area (Å²) in [6.45, 7) is 1.77. The molecule has 0 radical (unpaired) electrons. The topological polar surface area (TPSA) is 60.5 Å². The Morgan fingerprint density at radius 2 is 2.14 bits per heavy atom. The minimum atomic E-state index is -0.488. The molecule has 2 atom stereocenters. The normalized spacial score (nSPS) is 30.8. The Hall–Kier alpha value is -0.980. The van der Waals surface area contributed by atoms with E-state index in [0.29, 0.717) is 11.8 Å². The molecule has 1 aliphatic carbocycles. The highest BCUT2D eigenvalue weighted by Crippen LogP contribution is 2.49. The van der Waals surface area contributed by atoms with Crippen LogP contribution in [0.3, 0.4) is 0 Å². The number of carbonyl (C=O) groups excluding carboxylic acids is 1. The SMILES string of the molecule is COC(=O)COC1(c2ccc(Br)cn2)C2CCCC1CNC2. The molecule has 0 spiro atoms. The third-order valence-corrected chi connectivity index (χ3v) is 5.35. The van der Waals surface area contributed by atoms with Crippen molar-refractivity contribution in [2.24, 2.45) is 11.8 Å². The van der Waals surface area contributed by atoms with Crippen LogP contribution in [0.15, 0.2) is 22.8 Å². The lowest BCUT2D eigenvalue weighted by atomic mass is 9.64. The van der Waals surface area contributed by atoms with Gasteiger partial charge in [0.15, 0.2) is 0 Å². The smallest absolute Gasteiger partial charge is 0.331 e. The first kappa shape index (κ1) is 15.9. The van der Waals surface area contributed by atoms with Crippen LogP contribution in [0.2, 0.25) is 0 Å². The highest BCUT2D eigenvalue weighted by Gasteiger charge is 2.53. The Morgan fingerprint density at radius 1 is 1.41 bits per heavy atom. The van der Waals surface area contributed by atoms with Crippen LogP contribution in [0.4, 0.5) is 0 Å². The van der Waals surface area contributed by atoms with Gasteiger partial charge in [0.2, 0.25) is 0 Å². The van der Waals surface area contributed by atoms with E-state index in [1.54, 1.807) is 6.20 Å². The third kappa shape index (κ3) is 2.79. The second kappa shape index (κ2) is 6.64. The molecule has 2 heterocycles. The van der Waals surface area contributed by atoms with Gasteiger partial charge in [-0.25, -0.2) is 4.79 Å². The average molecular weight is 369 g/mol. The summed E-state index contributed by atoms with van der Waals surface area (Å²) in [5.74, 6) is 0.324. The maximum absolute atomic E-state index is 11.6. The van der Waals surface area contributed by atoms with Gasteiger partial charge in [0.25, 0.3) is 0 Å². The van der Waals surface area contributed by atoms with Gasteiger partial charge in [-0.3, -0.25) is 4.98 Å². The van der Waals surface area contributed by atoms with Gasteiger partial charge in [0.05, 0.1) is 12.8 Å². The molecule has 0 amide bonds. The number of nitrogens with one attached hydrogen (secondary N) is 1. The van der Waals surface area contributed by atoms with Crippen LogP contribution in [0.1, 0.15) is 25.0 Å². The Kier molecular flexibility index (Phi) is 4.80. The monoisotopic (exact) mass is 368 g/mol. The van der Waals surface area contributed by atoms with Crippen LogP contribution < -0.4 is 5.32 Å². The van der Waals surface area contributed by atoms with Gasteiger partial charge >= 0.3 is 5.97 Å². The van der Waals surface area contributed by atoms with E-state index in [1.807, 2.05) is 12.1 Å². The van der Waals surface area contributed by atoms with Crippen molar-refractivity contribution in [1.29, 1.82) is 0 Å². The van der Waals surface area contributed by atoms with Crippen LogP contribution in [0.25, 0.3) is 0 Å². The molecule has 1 saturated heterocycles. The summed E-state index contributed by atoms with van der Waals surface area (Å²) in [5, 5.41) is 3.49. The number of hydrogen-bond donors (Lipinski definition) is 1. The first-order valence-corrected chi connectivity index (χ1v) is 8.49. The number of nitrogens with zero attached hydrogens (tertiary/aromatic N) is 1. The van der Waals surface area contributed by atoms with Gasteiger partial charge in [-0.1, -0.05) is 6.42 Å². The predicted octanol–water partition coefficient (Wildman–Crippen LogP) is 2.25. The van der Waals surface area contributed by atoms with E-state index in [-0.39, 0.29) is 12.6 Å². The van der Waals surface area contributed by atoms with Crippen molar-refractivity contribution in [3.63, 3.8) is 0 Å². The highest BCUT2D eigenvalue weighted by molar-refractivity contribution is 9.10. The molecule has 120 valence electrons. The van der Waals surface area contributed by atoms with Crippen LogP contribution in [-0.4, -0.2) is 37.8 Å². The van der Waals surface area contributed by atoms with Gasteiger partial charge in [-0.15, -0.1) is 0 Å². The zero-order valence-electron chi connectivity index (χ0n) is 12.7. The number of fused-ring (bicyclic) bond motifs is 2. The minimum absolute atomic E-state index is 0.0265. The maximum atomic E-state index is 11.6. The molecule has 2 aliphatic rings. The molecule has 5 nitrogen and oxygen atoms in total. The van der Waals surface area contributed by atoms with E-state index in [0.717, 1.165) is 36.1 Å². The van der Waals surface area contributed by atoms with Crippen molar-refractivity contribution in [2.45, 2.75) is 24.9 Å². The van der Waals surface area contributed by atoms with Crippen molar-refractivity contribution < 1.29 is 14.3 Å². The summed E-state index contributed by atoms with van der Waals surface area (Å²) >= 11 is 3.43. The Labute approximate surface area is 138 Å². The Bertz CT molecular complexity index is 513. The van der Waals surface area contributed by atoms with Gasteiger partial charge in [-0.2, -0.15) is 0 Å². The molecule has 1 aliphatic heterocycles. The second-order valence-electron chi connectivity index (χ2n) is 6.00. The molecule has 2 fully saturated rings. The lowest BCUT2D eigenvalue weighted by Crippen LogP contribution is -2.59. The fourth-order valence-electron chi connectivity index (χ4n) is 3.88. The second-order valence-corrected chi connectivity index (χ2v) is 6.92. The summed E-state index contributed by atoms with van der Waals surface area (Å²) in [4.78, 5) is 16.2. The van der Waals surface area contributed by atoms with E-state index in [2.05, 4.69) is 26.2 Å². The first-order valence-electron chi connectivity index (χ1n) is 7.70. The number of halogens is 1. The lowest BCUT2D eigenvalue weighted by Gasteiger charge is -2.52. The molecule has 2 unspecified atom stereocenters. The maximum Gasteiger partial charge on any atom is 0.331 e. The van der Waals surface area contributed by atoms with Gasteiger partial charge < -0.3 is 14.8 Å². The Morgan fingerprint density at radius 3 is 2.73 bits per heavy atom. The van der Waals surface area contributed by atoms with Crippen molar-refractivity contribution in [2.75, 3.05) is 26.8 Å². The largest absolute Gasteiger partial charge is 0.467 e. The van der Waals surface area contributed by atoms with Crippen LogP contribution in [-0.2, 0) is 19.9 Å². The number of carbonyl (C=O) groups is 1. The Balaban J connectivity index is 1.97. The summed E-state index contributed by atoms with van der Waals surface area (Å²) in [6, 6.07) is 4.00. The predicted molar refractivity (Wildman–Crippen MR) is 85.3 cm³/mol. The fraction of sp³-hybridized carbons (Fsp3) is 0.625. The molecule has 22 heavy (non-hydrogen) atoms. The molecular weight excluding hydrogens is 348 g/mol. The molecule has 1 aromatic rings. The first-order chi connectivity index (χ1) is 10.7. The molecule has 0 aromatic carbocycles. The fourth-order valence-corrected chi connectivity index (χ4v) is 4.12. The molecular formula is C16H21BrN2O3. The zero-order chi connectivity index (χ0) is 15.6. The lowest BCUT2D eigenvalue weighted by molar-refractivity contribution is -0.184. The van der Waals surface area contributed by atoms with Crippen molar-refractivity contribution >= 4 is 21.9 Å². The quantitative estimate of drug-likeness (QED) is 0.825. The molecule has 3 rings (SSSR count). The molecule has 1 saturated carbocycles. The minimum Gasteiger partial charge on any atom is -0.467 e. The van der Waals surface area contributed by atoms with Crippen LogP contribution >= 0.6 is 15.9 Å².